The Labute approximate surface area is 113 Å². The minimum Gasteiger partial charge on any atom is -0.496 e. The van der Waals surface area contributed by atoms with Crippen molar-refractivity contribution in [2.45, 2.75) is 19.4 Å². The molecule has 1 atom stereocenters. The Morgan fingerprint density at radius 2 is 2.00 bits per heavy atom. The van der Waals surface area contributed by atoms with E-state index in [0.29, 0.717) is 12.1 Å². The van der Waals surface area contributed by atoms with E-state index in [9.17, 15) is 5.11 Å². The summed E-state index contributed by atoms with van der Waals surface area (Å²) in [4.78, 5) is 0. The number of anilines is 1. The predicted molar refractivity (Wildman–Crippen MR) is 77.2 cm³/mol. The van der Waals surface area contributed by atoms with Gasteiger partial charge in [-0.25, -0.2) is 0 Å². The van der Waals surface area contributed by atoms with Crippen LogP contribution < -0.4 is 10.5 Å². The zero-order valence-corrected chi connectivity index (χ0v) is 11.3. The van der Waals surface area contributed by atoms with Crippen LogP contribution in [-0.2, 0) is 6.42 Å². The lowest BCUT2D eigenvalue weighted by Gasteiger charge is -2.15. The third kappa shape index (κ3) is 3.26. The molecular weight excluding hydrogens is 238 g/mol. The average Bonchev–Trinajstić information content (AvgIpc) is 2.39. The molecule has 0 saturated heterocycles. The van der Waals surface area contributed by atoms with Gasteiger partial charge in [-0.1, -0.05) is 29.8 Å². The van der Waals surface area contributed by atoms with Crippen LogP contribution in [0.4, 0.5) is 5.69 Å². The lowest BCUT2D eigenvalue weighted by Crippen LogP contribution is -2.04. The summed E-state index contributed by atoms with van der Waals surface area (Å²) in [5.74, 6) is 0.800. The molecule has 3 N–H and O–H groups in total. The number of aliphatic hydroxyl groups is 1. The zero-order chi connectivity index (χ0) is 13.8. The maximum absolute atomic E-state index is 10.3. The van der Waals surface area contributed by atoms with Gasteiger partial charge in [-0.3, -0.25) is 0 Å². The van der Waals surface area contributed by atoms with Crippen LogP contribution in [0, 0.1) is 6.92 Å². The molecule has 0 aromatic heterocycles. The number of nitrogen functional groups attached to an aromatic ring is 1. The minimum atomic E-state index is -0.584. The molecule has 0 saturated carbocycles. The van der Waals surface area contributed by atoms with Crippen LogP contribution in [0.5, 0.6) is 5.75 Å². The first-order valence-corrected chi connectivity index (χ1v) is 6.27. The fourth-order valence-electron chi connectivity index (χ4n) is 2.16. The fourth-order valence-corrected chi connectivity index (χ4v) is 2.16. The molecule has 19 heavy (non-hydrogen) atoms. The normalized spacial score (nSPS) is 12.2. The first kappa shape index (κ1) is 13.4. The molecule has 2 aromatic rings. The standard InChI is InChI=1S/C16H19NO2/c1-11-6-7-16(19-2)13(8-11)10-15(18)12-4-3-5-14(17)9-12/h3-9,15,18H,10,17H2,1-2H3. The number of aryl methyl sites for hydroxylation is 1. The largest absolute Gasteiger partial charge is 0.496 e. The predicted octanol–water partition coefficient (Wildman–Crippen LogP) is 2.86. The number of rotatable bonds is 4. The second-order valence-electron chi connectivity index (χ2n) is 4.71. The van der Waals surface area contributed by atoms with E-state index in [4.69, 9.17) is 10.5 Å². The molecule has 0 aliphatic rings. The Hall–Kier alpha value is -2.00. The highest BCUT2D eigenvalue weighted by atomic mass is 16.5. The van der Waals surface area contributed by atoms with Gasteiger partial charge < -0.3 is 15.6 Å². The molecule has 0 aliphatic carbocycles. The number of aliphatic hydroxyl groups excluding tert-OH is 1. The number of ether oxygens (including phenoxy) is 1. The zero-order valence-electron chi connectivity index (χ0n) is 11.3. The summed E-state index contributed by atoms with van der Waals surface area (Å²) >= 11 is 0. The van der Waals surface area contributed by atoms with Crippen molar-refractivity contribution in [3.63, 3.8) is 0 Å². The fraction of sp³-hybridized carbons (Fsp3) is 0.250. The van der Waals surface area contributed by atoms with Crippen LogP contribution >= 0.6 is 0 Å². The monoisotopic (exact) mass is 257 g/mol. The molecule has 2 aromatic carbocycles. The molecule has 0 fully saturated rings. The molecule has 100 valence electrons. The third-order valence-electron chi connectivity index (χ3n) is 3.14. The Bertz CT molecular complexity index is 566. The van der Waals surface area contributed by atoms with Crippen molar-refractivity contribution in [3.8, 4) is 5.75 Å². The van der Waals surface area contributed by atoms with Crippen LogP contribution in [0.2, 0.25) is 0 Å². The number of methoxy groups -OCH3 is 1. The van der Waals surface area contributed by atoms with Crippen molar-refractivity contribution >= 4 is 5.69 Å². The van der Waals surface area contributed by atoms with E-state index in [-0.39, 0.29) is 0 Å². The van der Waals surface area contributed by atoms with Gasteiger partial charge in [0.2, 0.25) is 0 Å². The summed E-state index contributed by atoms with van der Waals surface area (Å²) in [7, 11) is 1.64. The van der Waals surface area contributed by atoms with Crippen LogP contribution in [0.15, 0.2) is 42.5 Å². The number of hydrogen-bond acceptors (Lipinski definition) is 3. The van der Waals surface area contributed by atoms with Gasteiger partial charge >= 0.3 is 0 Å². The average molecular weight is 257 g/mol. The number of nitrogens with two attached hydrogens (primary N) is 1. The van der Waals surface area contributed by atoms with E-state index in [2.05, 4.69) is 0 Å². The first-order chi connectivity index (χ1) is 9.10. The maximum Gasteiger partial charge on any atom is 0.122 e. The summed E-state index contributed by atoms with van der Waals surface area (Å²) < 4.78 is 5.33. The maximum atomic E-state index is 10.3. The van der Waals surface area contributed by atoms with Gasteiger partial charge in [0.25, 0.3) is 0 Å². The summed E-state index contributed by atoms with van der Waals surface area (Å²) in [5, 5.41) is 10.3. The summed E-state index contributed by atoms with van der Waals surface area (Å²) in [6.45, 7) is 2.02. The smallest absolute Gasteiger partial charge is 0.122 e. The highest BCUT2D eigenvalue weighted by Gasteiger charge is 2.12. The van der Waals surface area contributed by atoms with Crippen molar-refractivity contribution in [2.75, 3.05) is 12.8 Å². The second-order valence-corrected chi connectivity index (χ2v) is 4.71. The molecule has 0 heterocycles. The van der Waals surface area contributed by atoms with Crippen molar-refractivity contribution in [2.24, 2.45) is 0 Å². The Kier molecular flexibility index (Phi) is 4.07. The van der Waals surface area contributed by atoms with Crippen LogP contribution in [0.3, 0.4) is 0 Å². The van der Waals surface area contributed by atoms with Crippen molar-refractivity contribution in [1.82, 2.24) is 0 Å². The molecule has 2 rings (SSSR count). The quantitative estimate of drug-likeness (QED) is 0.828. The van der Waals surface area contributed by atoms with Crippen molar-refractivity contribution in [1.29, 1.82) is 0 Å². The van der Waals surface area contributed by atoms with E-state index in [1.54, 1.807) is 13.2 Å². The summed E-state index contributed by atoms with van der Waals surface area (Å²) in [6.07, 6.45) is -0.0758. The highest BCUT2D eigenvalue weighted by molar-refractivity contribution is 5.43. The first-order valence-electron chi connectivity index (χ1n) is 6.27. The molecule has 0 radical (unpaired) electrons. The van der Waals surface area contributed by atoms with Gasteiger partial charge in [0.05, 0.1) is 13.2 Å². The molecule has 3 nitrogen and oxygen atoms in total. The number of hydrogen-bond donors (Lipinski definition) is 2. The van der Waals surface area contributed by atoms with Crippen LogP contribution in [-0.4, -0.2) is 12.2 Å². The van der Waals surface area contributed by atoms with Gasteiger partial charge in [0.1, 0.15) is 5.75 Å². The van der Waals surface area contributed by atoms with Crippen LogP contribution in [0.1, 0.15) is 22.8 Å². The lowest BCUT2D eigenvalue weighted by atomic mass is 9.99. The second kappa shape index (κ2) is 5.76. The van der Waals surface area contributed by atoms with Crippen LogP contribution in [0.25, 0.3) is 0 Å². The van der Waals surface area contributed by atoms with Gasteiger partial charge in [0, 0.05) is 12.1 Å². The van der Waals surface area contributed by atoms with E-state index in [1.807, 2.05) is 43.3 Å². The van der Waals surface area contributed by atoms with E-state index in [1.165, 1.54) is 0 Å². The third-order valence-corrected chi connectivity index (χ3v) is 3.14. The molecule has 3 heteroatoms. The van der Waals surface area contributed by atoms with E-state index >= 15 is 0 Å². The van der Waals surface area contributed by atoms with E-state index in [0.717, 1.165) is 22.4 Å². The van der Waals surface area contributed by atoms with Gasteiger partial charge in [-0.15, -0.1) is 0 Å². The Balaban J connectivity index is 2.23. The van der Waals surface area contributed by atoms with Crippen molar-refractivity contribution in [3.05, 3.63) is 59.2 Å². The Morgan fingerprint density at radius 3 is 2.68 bits per heavy atom. The molecule has 0 bridgehead atoms. The van der Waals surface area contributed by atoms with Gasteiger partial charge in [-0.2, -0.15) is 0 Å². The van der Waals surface area contributed by atoms with Gasteiger partial charge in [0.15, 0.2) is 0 Å². The van der Waals surface area contributed by atoms with Crippen molar-refractivity contribution < 1.29 is 9.84 Å². The summed E-state index contributed by atoms with van der Waals surface area (Å²) in [6, 6.07) is 13.3. The Morgan fingerprint density at radius 1 is 1.21 bits per heavy atom. The number of benzene rings is 2. The SMILES string of the molecule is COc1ccc(C)cc1CC(O)c1cccc(N)c1. The van der Waals surface area contributed by atoms with Gasteiger partial charge in [-0.05, 0) is 36.2 Å². The summed E-state index contributed by atoms with van der Waals surface area (Å²) in [5.41, 5.74) is 9.36. The highest BCUT2D eigenvalue weighted by Crippen LogP contribution is 2.26. The topological polar surface area (TPSA) is 55.5 Å². The molecule has 1 unspecified atom stereocenters. The molecular formula is C16H19NO2. The van der Waals surface area contributed by atoms with E-state index < -0.39 is 6.10 Å². The molecule has 0 amide bonds. The molecule has 0 aliphatic heterocycles. The molecule has 0 spiro atoms. The lowest BCUT2D eigenvalue weighted by molar-refractivity contribution is 0.177. The minimum absolute atomic E-state index is 0.508.